The van der Waals surface area contributed by atoms with Crippen molar-refractivity contribution in [3.05, 3.63) is 0 Å². The number of hydrogen-bond acceptors (Lipinski definition) is 2. The summed E-state index contributed by atoms with van der Waals surface area (Å²) in [7, 11) is 1.60. The molecule has 0 aliphatic carbocycles. The second kappa shape index (κ2) is 2.44. The molecule has 48 valence electrons. The average Bonchev–Trinajstić information content (AvgIpc) is 1.62. The molecule has 8 heavy (non-hydrogen) atoms. The number of hydrogen-bond donors (Lipinski definition) is 0. The molecule has 0 bridgehead atoms. The van der Waals surface area contributed by atoms with Crippen LogP contribution in [-0.4, -0.2) is 12.2 Å². The first kappa shape index (κ1) is 7.89. The van der Waals surface area contributed by atoms with Crippen molar-refractivity contribution >= 4 is 17.3 Å². The van der Waals surface area contributed by atoms with Gasteiger partial charge in [-0.3, -0.25) is 0 Å². The predicted octanol–water partition coefficient (Wildman–Crippen LogP) is 2.01. The minimum absolute atomic E-state index is 0.0179. The van der Waals surface area contributed by atoms with Gasteiger partial charge in [-0.15, -0.1) is 0 Å². The molecule has 0 atom stereocenters. The third kappa shape index (κ3) is 2.26. The monoisotopic (exact) mass is 132 g/mol. The Bertz CT molecular complexity index is 91.2. The van der Waals surface area contributed by atoms with Gasteiger partial charge in [-0.2, -0.15) is 0 Å². The van der Waals surface area contributed by atoms with Crippen molar-refractivity contribution in [1.82, 2.24) is 0 Å². The van der Waals surface area contributed by atoms with E-state index >= 15 is 0 Å². The first-order valence-electron chi connectivity index (χ1n) is 2.57. The Hall–Kier alpha value is -0.110. The highest BCUT2D eigenvalue weighted by Gasteiger charge is 2.16. The van der Waals surface area contributed by atoms with Gasteiger partial charge >= 0.3 is 0 Å². The van der Waals surface area contributed by atoms with Crippen LogP contribution in [0.25, 0.3) is 0 Å². The van der Waals surface area contributed by atoms with Gasteiger partial charge in [-0.1, -0.05) is 20.8 Å². The largest absolute Gasteiger partial charge is 0.490 e. The Balaban J connectivity index is 3.82. The minimum atomic E-state index is 0.0179. The Labute approximate surface area is 56.0 Å². The van der Waals surface area contributed by atoms with Crippen molar-refractivity contribution in [3.63, 3.8) is 0 Å². The van der Waals surface area contributed by atoms with Gasteiger partial charge in [0.2, 0.25) is 0 Å². The zero-order valence-corrected chi connectivity index (χ0v) is 6.63. The van der Waals surface area contributed by atoms with E-state index < -0.39 is 0 Å². The summed E-state index contributed by atoms with van der Waals surface area (Å²) in [5.74, 6) is 0. The number of rotatable bonds is 0. The van der Waals surface area contributed by atoms with Gasteiger partial charge in [0, 0.05) is 5.41 Å². The third-order valence-corrected chi connectivity index (χ3v) is 1.58. The molecule has 0 N–H and O–H groups in total. The zero-order chi connectivity index (χ0) is 6.78. The van der Waals surface area contributed by atoms with Gasteiger partial charge in [0.25, 0.3) is 0 Å². The molecule has 0 aromatic carbocycles. The molecule has 0 aliphatic rings. The molecule has 0 amide bonds. The van der Waals surface area contributed by atoms with E-state index in [1.165, 1.54) is 0 Å². The van der Waals surface area contributed by atoms with Crippen molar-refractivity contribution in [2.24, 2.45) is 5.41 Å². The molecule has 0 aromatic heterocycles. The molecular formula is C6H12OS. The topological polar surface area (TPSA) is 9.23 Å². The van der Waals surface area contributed by atoms with Crippen LogP contribution in [0.1, 0.15) is 20.8 Å². The van der Waals surface area contributed by atoms with Crippen LogP contribution in [-0.2, 0) is 4.74 Å². The second-order valence-electron chi connectivity index (χ2n) is 2.74. The normalized spacial score (nSPS) is 11.0. The van der Waals surface area contributed by atoms with E-state index in [-0.39, 0.29) is 5.41 Å². The summed E-state index contributed by atoms with van der Waals surface area (Å²) in [6.45, 7) is 6.08. The van der Waals surface area contributed by atoms with Crippen LogP contribution in [0.15, 0.2) is 0 Å². The fraction of sp³-hybridized carbons (Fsp3) is 0.833. The smallest absolute Gasteiger partial charge is 0.164 e. The standard InChI is InChI=1S/C6H12OS/c1-6(2,3)5(8)7-4/h1-4H3. The van der Waals surface area contributed by atoms with E-state index in [9.17, 15) is 0 Å². The maximum absolute atomic E-state index is 4.87. The van der Waals surface area contributed by atoms with Crippen molar-refractivity contribution in [2.75, 3.05) is 7.11 Å². The highest BCUT2D eigenvalue weighted by Crippen LogP contribution is 2.15. The molecule has 1 nitrogen and oxygen atoms in total. The molecule has 0 spiro atoms. The molecule has 0 aromatic rings. The van der Waals surface area contributed by atoms with Crippen LogP contribution in [0.2, 0.25) is 0 Å². The van der Waals surface area contributed by atoms with E-state index in [4.69, 9.17) is 17.0 Å². The predicted molar refractivity (Wildman–Crippen MR) is 39.1 cm³/mol. The summed E-state index contributed by atoms with van der Waals surface area (Å²) < 4.78 is 4.85. The highest BCUT2D eigenvalue weighted by molar-refractivity contribution is 7.80. The van der Waals surface area contributed by atoms with E-state index in [1.54, 1.807) is 7.11 Å². The summed E-state index contributed by atoms with van der Waals surface area (Å²) in [5, 5.41) is 0.664. The van der Waals surface area contributed by atoms with Crippen LogP contribution in [0, 0.1) is 5.41 Å². The molecule has 0 fully saturated rings. The van der Waals surface area contributed by atoms with E-state index in [2.05, 4.69) is 0 Å². The van der Waals surface area contributed by atoms with Crippen molar-refractivity contribution < 1.29 is 4.74 Å². The molecule has 0 aliphatic heterocycles. The molecule has 0 heterocycles. The van der Waals surface area contributed by atoms with Crippen molar-refractivity contribution in [2.45, 2.75) is 20.8 Å². The van der Waals surface area contributed by atoms with Crippen LogP contribution in [0.4, 0.5) is 0 Å². The molecule has 0 unspecified atom stereocenters. The van der Waals surface area contributed by atoms with Crippen LogP contribution >= 0.6 is 12.2 Å². The van der Waals surface area contributed by atoms with Crippen LogP contribution in [0.3, 0.4) is 0 Å². The van der Waals surface area contributed by atoms with Gasteiger partial charge in [0.1, 0.15) is 0 Å². The van der Waals surface area contributed by atoms with Crippen LogP contribution in [0.5, 0.6) is 0 Å². The van der Waals surface area contributed by atoms with Gasteiger partial charge in [-0.25, -0.2) is 0 Å². The Morgan fingerprint density at radius 2 is 1.75 bits per heavy atom. The molecular weight excluding hydrogens is 120 g/mol. The maximum atomic E-state index is 4.87. The fourth-order valence-corrected chi connectivity index (χ4v) is 0.306. The molecule has 0 rings (SSSR count). The van der Waals surface area contributed by atoms with Gasteiger partial charge < -0.3 is 4.74 Å². The second-order valence-corrected chi connectivity index (χ2v) is 3.11. The van der Waals surface area contributed by atoms with Gasteiger partial charge in [-0.05, 0) is 12.2 Å². The van der Waals surface area contributed by atoms with E-state index in [0.29, 0.717) is 5.05 Å². The lowest BCUT2D eigenvalue weighted by Gasteiger charge is -2.17. The Morgan fingerprint density at radius 1 is 1.38 bits per heavy atom. The van der Waals surface area contributed by atoms with E-state index in [1.807, 2.05) is 20.8 Å². The fourth-order valence-electron chi connectivity index (χ4n) is 0.306. The Morgan fingerprint density at radius 3 is 1.75 bits per heavy atom. The first-order valence-corrected chi connectivity index (χ1v) is 2.97. The summed E-state index contributed by atoms with van der Waals surface area (Å²) in [6, 6.07) is 0. The third-order valence-electron chi connectivity index (χ3n) is 0.798. The van der Waals surface area contributed by atoms with Crippen molar-refractivity contribution in [1.29, 1.82) is 0 Å². The SMILES string of the molecule is COC(=S)C(C)(C)C. The highest BCUT2D eigenvalue weighted by atomic mass is 32.1. The van der Waals surface area contributed by atoms with Gasteiger partial charge in [0.05, 0.1) is 7.11 Å². The molecule has 2 heteroatoms. The molecule has 0 saturated heterocycles. The van der Waals surface area contributed by atoms with Gasteiger partial charge in [0.15, 0.2) is 5.05 Å². The average molecular weight is 132 g/mol. The summed E-state index contributed by atoms with van der Waals surface area (Å²) >= 11 is 4.87. The first-order chi connectivity index (χ1) is 3.48. The lowest BCUT2D eigenvalue weighted by molar-refractivity contribution is 0.351. The molecule has 0 saturated carbocycles. The summed E-state index contributed by atoms with van der Waals surface area (Å²) in [6.07, 6.45) is 0. The molecule has 0 radical (unpaired) electrons. The zero-order valence-electron chi connectivity index (χ0n) is 5.82. The Kier molecular flexibility index (Phi) is 2.41. The number of methoxy groups -OCH3 is 1. The van der Waals surface area contributed by atoms with Crippen LogP contribution < -0.4 is 0 Å². The lowest BCUT2D eigenvalue weighted by Crippen LogP contribution is -2.19. The summed E-state index contributed by atoms with van der Waals surface area (Å²) in [4.78, 5) is 0. The summed E-state index contributed by atoms with van der Waals surface area (Å²) in [5.41, 5.74) is 0.0179. The van der Waals surface area contributed by atoms with E-state index in [0.717, 1.165) is 0 Å². The number of thiocarbonyl (C=S) groups is 1. The number of ether oxygens (including phenoxy) is 1. The van der Waals surface area contributed by atoms with Crippen molar-refractivity contribution in [3.8, 4) is 0 Å². The minimum Gasteiger partial charge on any atom is -0.490 e. The quantitative estimate of drug-likeness (QED) is 0.466. The maximum Gasteiger partial charge on any atom is 0.164 e. The lowest BCUT2D eigenvalue weighted by atomic mass is 9.98.